The van der Waals surface area contributed by atoms with E-state index in [2.05, 4.69) is 11.2 Å². The van der Waals surface area contributed by atoms with Crippen LogP contribution < -0.4 is 9.79 Å². The second-order valence-electron chi connectivity index (χ2n) is 4.52. The van der Waals surface area contributed by atoms with Crippen LogP contribution in [-0.2, 0) is 4.57 Å². The van der Waals surface area contributed by atoms with Crippen molar-refractivity contribution < 1.29 is 23.5 Å². The third-order valence-corrected chi connectivity index (χ3v) is 3.21. The van der Waals surface area contributed by atoms with Gasteiger partial charge in [0.2, 0.25) is 22.7 Å². The summed E-state index contributed by atoms with van der Waals surface area (Å²) in [5.41, 5.74) is 5.21. The van der Waals surface area contributed by atoms with Crippen LogP contribution in [0.25, 0.3) is 0 Å². The van der Waals surface area contributed by atoms with Crippen LogP contribution in [-0.4, -0.2) is 34.6 Å². The summed E-state index contributed by atoms with van der Waals surface area (Å²) in [5.74, 6) is 0. The van der Waals surface area contributed by atoms with Crippen LogP contribution in [0.1, 0.15) is 0 Å². The molecule has 0 radical (unpaired) electrons. The van der Waals surface area contributed by atoms with Gasteiger partial charge < -0.3 is 14.4 Å². The van der Waals surface area contributed by atoms with Gasteiger partial charge in [-0.3, -0.25) is 0 Å². The molecule has 0 fully saturated rings. The first kappa shape index (κ1) is 23.8. The molecule has 5 nitrogen and oxygen atoms in total. The number of rotatable bonds is 2. The first-order valence-electron chi connectivity index (χ1n) is 6.83. The summed E-state index contributed by atoms with van der Waals surface area (Å²) in [6.45, 7) is -4.67. The highest BCUT2D eigenvalue weighted by Gasteiger charge is 1.97. The fourth-order valence-electron chi connectivity index (χ4n) is 1.44. The van der Waals surface area contributed by atoms with Gasteiger partial charge in [-0.05, 0) is 23.2 Å². The average Bonchev–Trinajstić information content (AvgIpc) is 2.61. The second-order valence-corrected chi connectivity index (χ2v) is 7.01. The van der Waals surface area contributed by atoms with E-state index in [4.69, 9.17) is 37.6 Å². The molecule has 25 heavy (non-hydrogen) atoms. The van der Waals surface area contributed by atoms with Crippen molar-refractivity contribution in [2.45, 2.75) is 0 Å². The van der Waals surface area contributed by atoms with E-state index >= 15 is 0 Å². The van der Waals surface area contributed by atoms with Crippen LogP contribution in [0.2, 0.25) is 0 Å². The van der Waals surface area contributed by atoms with Crippen molar-refractivity contribution >= 4 is 64.1 Å². The van der Waals surface area contributed by atoms with Gasteiger partial charge in [0.15, 0.2) is 0 Å². The Morgan fingerprint density at radius 3 is 1.24 bits per heavy atom. The molecule has 136 valence electrons. The fourth-order valence-corrected chi connectivity index (χ4v) is 1.66. The number of benzene rings is 2. The van der Waals surface area contributed by atoms with Crippen molar-refractivity contribution in [1.82, 2.24) is 0 Å². The van der Waals surface area contributed by atoms with E-state index in [1.165, 1.54) is 11.3 Å². The number of nitrogens with zero attached hydrogens (tertiary/aromatic N) is 2. The Kier molecular flexibility index (Phi) is 12.4. The maximum atomic E-state index is 8.87. The quantitative estimate of drug-likeness (QED) is 0.422. The molecule has 0 spiro atoms. The molecule has 0 amide bonds. The molecule has 2 aromatic carbocycles. The maximum absolute atomic E-state index is 8.87. The lowest BCUT2D eigenvalue weighted by atomic mass is 10.3. The minimum Gasteiger partial charge on any atom is -0.799 e. The summed E-state index contributed by atoms with van der Waals surface area (Å²) in [7, 11) is 3.81. The van der Waals surface area contributed by atoms with Crippen LogP contribution >= 0.6 is 41.4 Å². The minimum atomic E-state index is -4.67. The molecule has 0 saturated carbocycles. The van der Waals surface area contributed by atoms with E-state index in [-0.39, 0.29) is 0 Å². The number of hydrogen-bond acceptors (Lipinski definition) is 3. The minimum absolute atomic E-state index is 1.09. The first-order valence-corrected chi connectivity index (χ1v) is 10.2. The molecule has 0 atom stereocenters. The molecular formula is C16H18Cl3N2O3P. The summed E-state index contributed by atoms with van der Waals surface area (Å²) < 4.78 is 12.6. The van der Waals surface area contributed by atoms with Crippen molar-refractivity contribution in [3.05, 3.63) is 60.7 Å². The molecule has 0 heterocycles. The van der Waals surface area contributed by atoms with E-state index in [0.717, 1.165) is 11.4 Å². The number of halogens is 3. The Labute approximate surface area is 162 Å². The highest BCUT2D eigenvalue weighted by atomic mass is 35.7. The summed E-state index contributed by atoms with van der Waals surface area (Å²) in [4.78, 5) is 17.7. The zero-order valence-electron chi connectivity index (χ0n) is 13.6. The zero-order chi connectivity index (χ0) is 19.3. The lowest BCUT2D eigenvalue weighted by Crippen LogP contribution is -2.06. The highest BCUT2D eigenvalue weighted by Crippen LogP contribution is 2.28. The number of para-hydroxylation sites is 2. The van der Waals surface area contributed by atoms with Gasteiger partial charge in [-0.2, -0.15) is 9.15 Å². The Morgan fingerprint density at radius 2 is 1.04 bits per heavy atom. The second kappa shape index (κ2) is 13.1. The van der Waals surface area contributed by atoms with Gasteiger partial charge in [-0.1, -0.05) is 47.6 Å². The molecule has 2 aromatic rings. The van der Waals surface area contributed by atoms with Gasteiger partial charge >= 0.3 is 0 Å². The van der Waals surface area contributed by atoms with Crippen molar-refractivity contribution in [3.8, 4) is 0 Å². The topological polar surface area (TPSA) is 69.2 Å². The Balaban J connectivity index is 0.000000368. The van der Waals surface area contributed by atoms with Crippen LogP contribution in [0.4, 0.5) is 11.4 Å². The standard InChI is InChI=1S/2C8H9ClN.ClH2O3P/c2*1-10(7-9)8-5-3-2-4-6-8;1-5(2,3)4/h2*2-7H,1H3;(H2,2,3,4)/q2*+1;/p-2. The van der Waals surface area contributed by atoms with E-state index in [1.807, 2.05) is 83.9 Å². The lowest BCUT2D eigenvalue weighted by Gasteiger charge is -2.18. The molecule has 0 aliphatic rings. The van der Waals surface area contributed by atoms with E-state index in [0.29, 0.717) is 0 Å². The SMILES string of the molecule is C[N+](=CCl)c1ccccc1.C[N+](=CCl)c1ccccc1.O=P([O-])([O-])Cl. The van der Waals surface area contributed by atoms with Crippen molar-refractivity contribution in [2.75, 3.05) is 14.1 Å². The Morgan fingerprint density at radius 1 is 0.800 bits per heavy atom. The molecular weight excluding hydrogens is 406 g/mol. The summed E-state index contributed by atoms with van der Waals surface area (Å²) in [6.07, 6.45) is 0. The largest absolute Gasteiger partial charge is 0.799 e. The van der Waals surface area contributed by atoms with Gasteiger partial charge in [0.05, 0.1) is 0 Å². The molecule has 0 N–H and O–H groups in total. The maximum Gasteiger partial charge on any atom is 0.238 e. The molecule has 9 heteroatoms. The monoisotopic (exact) mass is 422 g/mol. The summed E-state index contributed by atoms with van der Waals surface area (Å²) >= 11 is 14.9. The molecule has 0 aromatic heterocycles. The Hall–Kier alpha value is -1.20. The molecule has 0 aliphatic carbocycles. The van der Waals surface area contributed by atoms with E-state index in [9.17, 15) is 0 Å². The smallest absolute Gasteiger partial charge is 0.238 e. The normalized spacial score (nSPS) is 11.6. The van der Waals surface area contributed by atoms with Gasteiger partial charge in [0, 0.05) is 31.2 Å². The average molecular weight is 424 g/mol. The fraction of sp³-hybridized carbons (Fsp3) is 0.125. The predicted molar refractivity (Wildman–Crippen MR) is 102 cm³/mol. The van der Waals surface area contributed by atoms with Crippen LogP contribution in [0.5, 0.6) is 0 Å². The van der Waals surface area contributed by atoms with Crippen molar-refractivity contribution in [1.29, 1.82) is 0 Å². The van der Waals surface area contributed by atoms with Gasteiger partial charge in [0.1, 0.15) is 14.1 Å². The van der Waals surface area contributed by atoms with E-state index in [1.54, 1.807) is 0 Å². The van der Waals surface area contributed by atoms with Gasteiger partial charge in [0.25, 0.3) is 0 Å². The highest BCUT2D eigenvalue weighted by molar-refractivity contribution is 7.77. The first-order chi connectivity index (χ1) is 11.7. The van der Waals surface area contributed by atoms with Crippen molar-refractivity contribution in [3.63, 3.8) is 0 Å². The third kappa shape index (κ3) is 13.7. The van der Waals surface area contributed by atoms with Gasteiger partial charge in [-0.15, -0.1) is 0 Å². The van der Waals surface area contributed by atoms with Crippen LogP contribution in [0.3, 0.4) is 0 Å². The molecule has 0 saturated heterocycles. The number of hydrogen-bond donors (Lipinski definition) is 0. The third-order valence-electron chi connectivity index (χ3n) is 2.62. The van der Waals surface area contributed by atoms with Gasteiger partial charge in [-0.25, -0.2) is 0 Å². The van der Waals surface area contributed by atoms with Crippen molar-refractivity contribution in [2.24, 2.45) is 0 Å². The molecule has 2 rings (SSSR count). The van der Waals surface area contributed by atoms with Crippen LogP contribution in [0, 0.1) is 0 Å². The molecule has 0 aliphatic heterocycles. The van der Waals surface area contributed by atoms with Crippen LogP contribution in [0.15, 0.2) is 60.7 Å². The summed E-state index contributed by atoms with van der Waals surface area (Å²) in [6, 6.07) is 19.9. The van der Waals surface area contributed by atoms with E-state index < -0.39 is 6.95 Å². The lowest BCUT2D eigenvalue weighted by molar-refractivity contribution is -0.397. The summed E-state index contributed by atoms with van der Waals surface area (Å²) in [5, 5.41) is 0. The molecule has 0 unspecified atom stereocenters. The zero-order valence-corrected chi connectivity index (χ0v) is 16.8. The molecule has 0 bridgehead atoms. The predicted octanol–water partition coefficient (Wildman–Crippen LogP) is 3.51. The Bertz CT molecular complexity index is 658.